The van der Waals surface area contributed by atoms with Gasteiger partial charge in [0.1, 0.15) is 6.33 Å². The molecule has 0 unspecified atom stereocenters. The second-order valence-corrected chi connectivity index (χ2v) is 4.54. The molecule has 0 aliphatic rings. The summed E-state index contributed by atoms with van der Waals surface area (Å²) < 4.78 is 37.0. The third-order valence-electron chi connectivity index (χ3n) is 2.27. The molecule has 0 aliphatic heterocycles. The summed E-state index contributed by atoms with van der Waals surface area (Å²) >= 11 is 1.14. The highest BCUT2D eigenvalue weighted by molar-refractivity contribution is 7.99. The SMILES string of the molecule is O=C(CSc1ncn[nH]1)c1ccc(C(F)(F)F)cc1. The van der Waals surface area contributed by atoms with Crippen LogP contribution in [0.15, 0.2) is 35.7 Å². The fraction of sp³-hybridized carbons (Fsp3) is 0.182. The highest BCUT2D eigenvalue weighted by Crippen LogP contribution is 2.29. The third-order valence-corrected chi connectivity index (χ3v) is 3.14. The Morgan fingerprint density at radius 1 is 1.26 bits per heavy atom. The van der Waals surface area contributed by atoms with Crippen LogP contribution < -0.4 is 0 Å². The van der Waals surface area contributed by atoms with Gasteiger partial charge >= 0.3 is 6.18 Å². The average Bonchev–Trinajstić information content (AvgIpc) is 2.88. The zero-order valence-electron chi connectivity index (χ0n) is 9.44. The first-order valence-corrected chi connectivity index (χ1v) is 6.14. The molecule has 0 fully saturated rings. The summed E-state index contributed by atoms with van der Waals surface area (Å²) in [6.45, 7) is 0. The molecule has 0 bridgehead atoms. The Morgan fingerprint density at radius 3 is 2.47 bits per heavy atom. The van der Waals surface area contributed by atoms with Crippen molar-refractivity contribution >= 4 is 17.5 Å². The van der Waals surface area contributed by atoms with Crippen molar-refractivity contribution in [1.29, 1.82) is 0 Å². The van der Waals surface area contributed by atoms with Crippen LogP contribution in [0, 0.1) is 0 Å². The third kappa shape index (κ3) is 3.57. The Morgan fingerprint density at radius 2 is 1.95 bits per heavy atom. The van der Waals surface area contributed by atoms with Crippen LogP contribution in [0.5, 0.6) is 0 Å². The quantitative estimate of drug-likeness (QED) is 0.694. The number of H-pyrrole nitrogens is 1. The van der Waals surface area contributed by atoms with E-state index in [0.29, 0.717) is 5.16 Å². The number of hydrogen-bond donors (Lipinski definition) is 1. The standard InChI is InChI=1S/C11H8F3N3OS/c12-11(13,14)8-3-1-7(2-4-8)9(18)5-19-10-15-6-16-17-10/h1-4,6H,5H2,(H,15,16,17). The van der Waals surface area contributed by atoms with E-state index in [1.807, 2.05) is 0 Å². The Bertz CT molecular complexity index is 552. The van der Waals surface area contributed by atoms with Crippen molar-refractivity contribution in [2.24, 2.45) is 0 Å². The van der Waals surface area contributed by atoms with Crippen molar-refractivity contribution < 1.29 is 18.0 Å². The van der Waals surface area contributed by atoms with E-state index in [-0.39, 0.29) is 17.1 Å². The number of halogens is 3. The van der Waals surface area contributed by atoms with Gasteiger partial charge in [0.15, 0.2) is 10.9 Å². The molecule has 1 N–H and O–H groups in total. The van der Waals surface area contributed by atoms with Gasteiger partial charge in [-0.15, -0.1) is 0 Å². The van der Waals surface area contributed by atoms with E-state index in [2.05, 4.69) is 15.2 Å². The molecular weight excluding hydrogens is 279 g/mol. The van der Waals surface area contributed by atoms with E-state index in [1.165, 1.54) is 18.5 Å². The van der Waals surface area contributed by atoms with Gasteiger partial charge in [0.05, 0.1) is 11.3 Å². The molecule has 4 nitrogen and oxygen atoms in total. The first-order chi connectivity index (χ1) is 8.97. The van der Waals surface area contributed by atoms with Gasteiger partial charge in [-0.3, -0.25) is 9.89 Å². The van der Waals surface area contributed by atoms with Gasteiger partial charge in [-0.2, -0.15) is 18.3 Å². The van der Waals surface area contributed by atoms with Crippen LogP contribution in [0.1, 0.15) is 15.9 Å². The molecule has 2 aromatic rings. The molecule has 0 saturated heterocycles. The Kier molecular flexibility index (Phi) is 3.89. The van der Waals surface area contributed by atoms with Crippen molar-refractivity contribution in [3.63, 3.8) is 0 Å². The van der Waals surface area contributed by atoms with E-state index in [9.17, 15) is 18.0 Å². The van der Waals surface area contributed by atoms with Gasteiger partial charge in [-0.05, 0) is 12.1 Å². The highest BCUT2D eigenvalue weighted by Gasteiger charge is 2.30. The fourth-order valence-corrected chi connectivity index (χ4v) is 2.00. The topological polar surface area (TPSA) is 58.6 Å². The Hall–Kier alpha value is -1.83. The van der Waals surface area contributed by atoms with Crippen LogP contribution in [0.2, 0.25) is 0 Å². The van der Waals surface area contributed by atoms with E-state index in [4.69, 9.17) is 0 Å². The summed E-state index contributed by atoms with van der Waals surface area (Å²) in [4.78, 5) is 15.6. The molecule has 0 spiro atoms. The summed E-state index contributed by atoms with van der Waals surface area (Å²) in [6, 6.07) is 4.14. The minimum atomic E-state index is -4.39. The van der Waals surface area contributed by atoms with E-state index < -0.39 is 11.7 Å². The number of thioether (sulfide) groups is 1. The second-order valence-electron chi connectivity index (χ2n) is 3.58. The molecule has 8 heteroatoms. The number of carbonyl (C=O) groups excluding carboxylic acids is 1. The lowest BCUT2D eigenvalue weighted by Gasteiger charge is -2.06. The lowest BCUT2D eigenvalue weighted by molar-refractivity contribution is -0.137. The number of aromatic nitrogens is 3. The van der Waals surface area contributed by atoms with Crippen LogP contribution >= 0.6 is 11.8 Å². The fourth-order valence-electron chi connectivity index (χ4n) is 1.33. The van der Waals surface area contributed by atoms with Crippen LogP contribution in [0.4, 0.5) is 13.2 Å². The molecule has 2 rings (SSSR count). The number of nitrogens with one attached hydrogen (secondary N) is 1. The minimum absolute atomic E-state index is 0.0839. The van der Waals surface area contributed by atoms with Gasteiger partial charge in [0.2, 0.25) is 0 Å². The average molecular weight is 287 g/mol. The van der Waals surface area contributed by atoms with Gasteiger partial charge in [0, 0.05) is 5.56 Å². The number of ketones is 1. The van der Waals surface area contributed by atoms with E-state index in [0.717, 1.165) is 23.9 Å². The maximum Gasteiger partial charge on any atom is 0.416 e. The normalized spacial score (nSPS) is 11.5. The number of hydrogen-bond acceptors (Lipinski definition) is 4. The zero-order chi connectivity index (χ0) is 13.9. The molecule has 1 aromatic carbocycles. The predicted octanol–water partition coefficient (Wildman–Crippen LogP) is 2.80. The van der Waals surface area contributed by atoms with Gasteiger partial charge in [0.25, 0.3) is 0 Å². The minimum Gasteiger partial charge on any atom is -0.293 e. The van der Waals surface area contributed by atoms with Crippen molar-refractivity contribution in [2.75, 3.05) is 5.75 Å². The van der Waals surface area contributed by atoms with Crippen LogP contribution in [0.3, 0.4) is 0 Å². The second kappa shape index (κ2) is 5.43. The number of Topliss-reactive ketones (excluding diaryl/α,β-unsaturated/α-hetero) is 1. The van der Waals surface area contributed by atoms with Crippen LogP contribution in [-0.4, -0.2) is 26.7 Å². The summed E-state index contributed by atoms with van der Waals surface area (Å²) in [5.74, 6) is -0.185. The molecule has 0 radical (unpaired) electrons. The van der Waals surface area contributed by atoms with Crippen molar-refractivity contribution in [3.8, 4) is 0 Å². The highest BCUT2D eigenvalue weighted by atomic mass is 32.2. The number of carbonyl (C=O) groups is 1. The zero-order valence-corrected chi connectivity index (χ0v) is 10.3. The number of benzene rings is 1. The number of nitrogens with zero attached hydrogens (tertiary/aromatic N) is 2. The van der Waals surface area contributed by atoms with E-state index in [1.54, 1.807) is 0 Å². The van der Waals surface area contributed by atoms with Crippen LogP contribution in [0.25, 0.3) is 0 Å². The van der Waals surface area contributed by atoms with Gasteiger partial charge < -0.3 is 0 Å². The molecule has 100 valence electrons. The smallest absolute Gasteiger partial charge is 0.293 e. The number of aromatic amines is 1. The maximum absolute atomic E-state index is 12.3. The lowest BCUT2D eigenvalue weighted by atomic mass is 10.1. The largest absolute Gasteiger partial charge is 0.416 e. The van der Waals surface area contributed by atoms with Crippen molar-refractivity contribution in [3.05, 3.63) is 41.7 Å². The molecular formula is C11H8F3N3OS. The Labute approximate surface area is 110 Å². The van der Waals surface area contributed by atoms with Crippen LogP contribution in [-0.2, 0) is 6.18 Å². The maximum atomic E-state index is 12.3. The monoisotopic (exact) mass is 287 g/mol. The number of rotatable bonds is 4. The summed E-state index contributed by atoms with van der Waals surface area (Å²) in [7, 11) is 0. The molecule has 0 atom stereocenters. The number of alkyl halides is 3. The molecule has 0 aliphatic carbocycles. The molecule has 1 aromatic heterocycles. The summed E-state index contributed by atoms with van der Waals surface area (Å²) in [5, 5.41) is 6.68. The van der Waals surface area contributed by atoms with Crippen molar-refractivity contribution in [2.45, 2.75) is 11.3 Å². The summed E-state index contributed by atoms with van der Waals surface area (Å²) in [5.41, 5.74) is -0.535. The molecule has 0 amide bonds. The molecule has 1 heterocycles. The van der Waals surface area contributed by atoms with Gasteiger partial charge in [-0.1, -0.05) is 23.9 Å². The summed E-state index contributed by atoms with van der Waals surface area (Å²) in [6.07, 6.45) is -3.08. The molecule has 19 heavy (non-hydrogen) atoms. The van der Waals surface area contributed by atoms with E-state index >= 15 is 0 Å². The van der Waals surface area contributed by atoms with Gasteiger partial charge in [-0.25, -0.2) is 4.98 Å². The Balaban J connectivity index is 2.00. The van der Waals surface area contributed by atoms with Crippen molar-refractivity contribution in [1.82, 2.24) is 15.2 Å². The molecule has 0 saturated carbocycles. The lowest BCUT2D eigenvalue weighted by Crippen LogP contribution is -2.07. The first-order valence-electron chi connectivity index (χ1n) is 5.15. The predicted molar refractivity (Wildman–Crippen MR) is 62.9 cm³/mol. The first kappa shape index (κ1) is 13.6.